The predicted molar refractivity (Wildman–Crippen MR) is 78.5 cm³/mol. The highest BCUT2D eigenvalue weighted by Crippen LogP contribution is 2.30. The van der Waals surface area contributed by atoms with Crippen molar-refractivity contribution < 1.29 is 19.4 Å². The summed E-state index contributed by atoms with van der Waals surface area (Å²) in [5.41, 5.74) is -0.465. The number of thioether (sulfide) groups is 1. The van der Waals surface area contributed by atoms with E-state index in [1.807, 2.05) is 6.26 Å². The molecule has 1 amide bonds. The monoisotopic (exact) mass is 310 g/mol. The molecule has 2 N–H and O–H groups in total. The maximum absolute atomic E-state index is 12.2. The van der Waals surface area contributed by atoms with Crippen LogP contribution in [0.1, 0.15) is 23.2 Å². The number of carbonyl (C=O) groups is 2. The first kappa shape index (κ1) is 15.8. The molecule has 114 valence electrons. The first-order valence-corrected chi connectivity index (χ1v) is 7.90. The number of carboxylic acids is 1. The normalized spacial score (nSPS) is 17.2. The highest BCUT2D eigenvalue weighted by atomic mass is 32.2. The van der Waals surface area contributed by atoms with Crippen molar-refractivity contribution in [2.24, 2.45) is 5.41 Å². The molecule has 2 rings (SSSR count). The van der Waals surface area contributed by atoms with E-state index in [9.17, 15) is 14.7 Å². The Morgan fingerprint density at radius 2 is 2.19 bits per heavy atom. The zero-order chi connectivity index (χ0) is 15.3. The van der Waals surface area contributed by atoms with Gasteiger partial charge in [-0.3, -0.25) is 9.59 Å². The lowest BCUT2D eigenvalue weighted by Crippen LogP contribution is -2.46. The van der Waals surface area contributed by atoms with Crippen molar-refractivity contribution in [2.75, 3.05) is 26.0 Å². The Bertz CT molecular complexity index is 529. The molecule has 0 saturated carbocycles. The minimum absolute atomic E-state index is 0.104. The number of ether oxygens (including phenoxy) is 1. The zero-order valence-corrected chi connectivity index (χ0v) is 12.6. The van der Waals surface area contributed by atoms with Gasteiger partial charge in [0.2, 0.25) is 0 Å². The van der Waals surface area contributed by atoms with E-state index in [2.05, 4.69) is 10.3 Å². The van der Waals surface area contributed by atoms with Gasteiger partial charge in [0.1, 0.15) is 5.03 Å². The van der Waals surface area contributed by atoms with Crippen molar-refractivity contribution in [3.8, 4) is 0 Å². The van der Waals surface area contributed by atoms with Gasteiger partial charge < -0.3 is 15.2 Å². The van der Waals surface area contributed by atoms with Gasteiger partial charge in [0.05, 0.1) is 11.0 Å². The number of rotatable bonds is 5. The van der Waals surface area contributed by atoms with E-state index >= 15 is 0 Å². The fourth-order valence-electron chi connectivity index (χ4n) is 2.30. The maximum atomic E-state index is 12.2. The van der Waals surface area contributed by atoms with Crippen LogP contribution < -0.4 is 5.32 Å². The summed E-state index contributed by atoms with van der Waals surface area (Å²) in [5, 5.41) is 12.8. The van der Waals surface area contributed by atoms with Gasteiger partial charge in [0.15, 0.2) is 0 Å². The van der Waals surface area contributed by atoms with E-state index in [4.69, 9.17) is 4.74 Å². The lowest BCUT2D eigenvalue weighted by atomic mass is 9.80. The molecule has 0 unspecified atom stereocenters. The Labute approximate surface area is 127 Å². The molecule has 6 nitrogen and oxygen atoms in total. The van der Waals surface area contributed by atoms with Gasteiger partial charge in [-0.2, -0.15) is 0 Å². The highest BCUT2D eigenvalue weighted by molar-refractivity contribution is 7.98. The molecule has 7 heteroatoms. The van der Waals surface area contributed by atoms with Crippen LogP contribution in [0.25, 0.3) is 0 Å². The second kappa shape index (κ2) is 6.91. The molecule has 21 heavy (non-hydrogen) atoms. The highest BCUT2D eigenvalue weighted by Gasteiger charge is 2.40. The fraction of sp³-hybridized carbons (Fsp3) is 0.500. The summed E-state index contributed by atoms with van der Waals surface area (Å²) in [6.07, 6.45) is 4.28. The quantitative estimate of drug-likeness (QED) is 0.800. The van der Waals surface area contributed by atoms with Crippen LogP contribution in [0, 0.1) is 5.41 Å². The Hall–Kier alpha value is -1.60. The lowest BCUT2D eigenvalue weighted by Gasteiger charge is -2.33. The van der Waals surface area contributed by atoms with E-state index in [-0.39, 0.29) is 12.5 Å². The van der Waals surface area contributed by atoms with Crippen molar-refractivity contribution in [3.05, 3.63) is 23.9 Å². The number of amides is 1. The molecule has 1 saturated heterocycles. The molecular weight excluding hydrogens is 292 g/mol. The van der Waals surface area contributed by atoms with Gasteiger partial charge in [0, 0.05) is 26.0 Å². The van der Waals surface area contributed by atoms with Gasteiger partial charge in [-0.05, 0) is 31.2 Å². The van der Waals surface area contributed by atoms with Crippen molar-refractivity contribution in [3.63, 3.8) is 0 Å². The summed E-state index contributed by atoms with van der Waals surface area (Å²) in [6.45, 7) is 0.920. The number of hydrogen-bond acceptors (Lipinski definition) is 5. The maximum Gasteiger partial charge on any atom is 0.311 e. The number of hydrogen-bond donors (Lipinski definition) is 2. The third-order valence-electron chi connectivity index (χ3n) is 3.70. The number of carbonyl (C=O) groups excluding carboxylic acids is 1. The Balaban J connectivity index is 2.07. The molecule has 0 spiro atoms. The molecule has 0 bridgehead atoms. The molecule has 2 heterocycles. The summed E-state index contributed by atoms with van der Waals surface area (Å²) in [5.74, 6) is -1.18. The summed E-state index contributed by atoms with van der Waals surface area (Å²) in [4.78, 5) is 27.9. The van der Waals surface area contributed by atoms with Crippen LogP contribution >= 0.6 is 11.8 Å². The lowest BCUT2D eigenvalue weighted by molar-refractivity contribution is -0.154. The topological polar surface area (TPSA) is 88.5 Å². The molecule has 0 radical (unpaired) electrons. The van der Waals surface area contributed by atoms with Crippen LogP contribution in [0.3, 0.4) is 0 Å². The third-order valence-corrected chi connectivity index (χ3v) is 4.41. The number of nitrogens with zero attached hydrogens (tertiary/aromatic N) is 1. The van der Waals surface area contributed by atoms with Crippen molar-refractivity contribution in [1.29, 1.82) is 0 Å². The zero-order valence-electron chi connectivity index (χ0n) is 11.8. The summed E-state index contributed by atoms with van der Waals surface area (Å²) in [7, 11) is 0. The van der Waals surface area contributed by atoms with Crippen LogP contribution in [0.5, 0.6) is 0 Å². The van der Waals surface area contributed by atoms with E-state index in [1.165, 1.54) is 11.8 Å². The average molecular weight is 310 g/mol. The van der Waals surface area contributed by atoms with Crippen molar-refractivity contribution >= 4 is 23.6 Å². The van der Waals surface area contributed by atoms with E-state index in [0.717, 1.165) is 0 Å². The van der Waals surface area contributed by atoms with Gasteiger partial charge in [-0.25, -0.2) is 4.98 Å². The molecule has 1 aromatic rings. The smallest absolute Gasteiger partial charge is 0.311 e. The van der Waals surface area contributed by atoms with Crippen LogP contribution in [-0.4, -0.2) is 48.0 Å². The number of carboxylic acid groups (broad SMARTS) is 1. The van der Waals surface area contributed by atoms with Gasteiger partial charge in [0.25, 0.3) is 5.91 Å². The van der Waals surface area contributed by atoms with Gasteiger partial charge in [-0.1, -0.05) is 0 Å². The molecule has 1 fully saturated rings. The largest absolute Gasteiger partial charge is 0.481 e. The number of aliphatic carboxylic acids is 1. The fourth-order valence-corrected chi connectivity index (χ4v) is 2.85. The molecule has 0 aromatic carbocycles. The second-order valence-electron chi connectivity index (χ2n) is 4.94. The van der Waals surface area contributed by atoms with E-state index in [0.29, 0.717) is 36.6 Å². The van der Waals surface area contributed by atoms with Gasteiger partial charge >= 0.3 is 5.97 Å². The molecule has 1 aromatic heterocycles. The number of nitrogens with one attached hydrogen (secondary N) is 1. The Morgan fingerprint density at radius 3 is 2.81 bits per heavy atom. The molecular formula is C14H18N2O4S. The van der Waals surface area contributed by atoms with Crippen LogP contribution in [-0.2, 0) is 9.53 Å². The molecule has 1 aliphatic heterocycles. The van der Waals surface area contributed by atoms with E-state index in [1.54, 1.807) is 18.3 Å². The SMILES string of the molecule is CSc1ncccc1C(=O)NCC1(C(=O)O)CCOCC1. The predicted octanol–water partition coefficient (Wildman–Crippen LogP) is 1.41. The standard InChI is InChI=1S/C14H18N2O4S/c1-21-12-10(3-2-6-15-12)11(17)16-9-14(13(18)19)4-7-20-8-5-14/h2-3,6H,4-5,7-9H2,1H3,(H,16,17)(H,18,19). The van der Waals surface area contributed by atoms with Crippen LogP contribution in [0.15, 0.2) is 23.4 Å². The minimum Gasteiger partial charge on any atom is -0.481 e. The number of pyridine rings is 1. The first-order chi connectivity index (χ1) is 10.1. The summed E-state index contributed by atoms with van der Waals surface area (Å²) < 4.78 is 5.21. The van der Waals surface area contributed by atoms with Crippen LogP contribution in [0.4, 0.5) is 0 Å². The molecule has 0 atom stereocenters. The molecule has 0 aliphatic carbocycles. The first-order valence-electron chi connectivity index (χ1n) is 6.67. The summed E-state index contributed by atoms with van der Waals surface area (Å²) in [6, 6.07) is 3.38. The van der Waals surface area contributed by atoms with Gasteiger partial charge in [-0.15, -0.1) is 11.8 Å². The third kappa shape index (κ3) is 3.54. The average Bonchev–Trinajstić information content (AvgIpc) is 2.53. The van der Waals surface area contributed by atoms with Crippen molar-refractivity contribution in [2.45, 2.75) is 17.9 Å². The summed E-state index contributed by atoms with van der Waals surface area (Å²) >= 11 is 1.38. The minimum atomic E-state index is -0.935. The number of aromatic nitrogens is 1. The second-order valence-corrected chi connectivity index (χ2v) is 5.74. The van der Waals surface area contributed by atoms with E-state index < -0.39 is 11.4 Å². The Morgan fingerprint density at radius 1 is 1.48 bits per heavy atom. The van der Waals surface area contributed by atoms with Crippen molar-refractivity contribution in [1.82, 2.24) is 10.3 Å². The Kier molecular flexibility index (Phi) is 5.19. The molecule has 1 aliphatic rings. The van der Waals surface area contributed by atoms with Crippen LogP contribution in [0.2, 0.25) is 0 Å².